The molecule has 1 aliphatic carbocycles. The third kappa shape index (κ3) is 2.82. The van der Waals surface area contributed by atoms with Crippen molar-refractivity contribution in [3.8, 4) is 0 Å². The largest absolute Gasteiger partial charge is 0.398 e. The normalized spacial score (nSPS) is 22.6. The Balaban J connectivity index is 1.92. The van der Waals surface area contributed by atoms with Crippen LogP contribution in [-0.4, -0.2) is 11.0 Å². The Morgan fingerprint density at radius 2 is 1.95 bits per heavy atom. The van der Waals surface area contributed by atoms with E-state index in [9.17, 15) is 0 Å². The molecule has 3 N–H and O–H groups in total. The fourth-order valence-electron chi connectivity index (χ4n) is 3.67. The number of pyridine rings is 1. The van der Waals surface area contributed by atoms with Crippen LogP contribution in [0.4, 0.5) is 11.4 Å². The van der Waals surface area contributed by atoms with Crippen molar-refractivity contribution in [2.45, 2.75) is 45.6 Å². The molecule has 1 aromatic heterocycles. The lowest BCUT2D eigenvalue weighted by Gasteiger charge is -2.35. The molecule has 1 saturated carbocycles. The topological polar surface area (TPSA) is 50.9 Å². The lowest BCUT2D eigenvalue weighted by Crippen LogP contribution is -2.35. The maximum absolute atomic E-state index is 6.07. The Labute approximate surface area is 127 Å². The molecule has 3 heteroatoms. The zero-order valence-corrected chi connectivity index (χ0v) is 13.0. The quantitative estimate of drug-likeness (QED) is 0.819. The molecule has 0 amide bonds. The molecular formula is C18H25N3. The molecule has 3 rings (SSSR count). The molecule has 0 saturated heterocycles. The Morgan fingerprint density at radius 3 is 2.76 bits per heavy atom. The van der Waals surface area contributed by atoms with Crippen molar-refractivity contribution in [1.29, 1.82) is 0 Å². The molecule has 0 bridgehead atoms. The van der Waals surface area contributed by atoms with Crippen LogP contribution in [0, 0.1) is 11.8 Å². The summed E-state index contributed by atoms with van der Waals surface area (Å²) in [5, 5.41) is 6.02. The van der Waals surface area contributed by atoms with Gasteiger partial charge in [-0.1, -0.05) is 26.7 Å². The summed E-state index contributed by atoms with van der Waals surface area (Å²) in [6, 6.07) is 6.73. The minimum absolute atomic E-state index is 0.568. The smallest absolute Gasteiger partial charge is 0.0424 e. The predicted molar refractivity (Wildman–Crippen MR) is 90.4 cm³/mol. The molecule has 2 aromatic rings. The fraction of sp³-hybridized carbons (Fsp3) is 0.500. The highest BCUT2D eigenvalue weighted by molar-refractivity contribution is 6.00. The first-order valence-electron chi connectivity index (χ1n) is 8.05. The predicted octanol–water partition coefficient (Wildman–Crippen LogP) is 4.44. The molecule has 112 valence electrons. The summed E-state index contributed by atoms with van der Waals surface area (Å²) in [5.41, 5.74) is 8.06. The average molecular weight is 283 g/mol. The van der Waals surface area contributed by atoms with Gasteiger partial charge in [-0.05, 0) is 42.9 Å². The summed E-state index contributed by atoms with van der Waals surface area (Å²) in [6.07, 6.45) is 9.00. The highest BCUT2D eigenvalue weighted by Crippen LogP contribution is 2.35. The second-order valence-electron chi connectivity index (χ2n) is 6.57. The van der Waals surface area contributed by atoms with Gasteiger partial charge in [0.25, 0.3) is 0 Å². The number of benzene rings is 1. The van der Waals surface area contributed by atoms with Crippen molar-refractivity contribution < 1.29 is 0 Å². The number of nitrogens with zero attached hydrogens (tertiary/aromatic N) is 1. The van der Waals surface area contributed by atoms with Crippen molar-refractivity contribution in [1.82, 2.24) is 4.98 Å². The van der Waals surface area contributed by atoms with Crippen LogP contribution in [0.25, 0.3) is 10.8 Å². The Morgan fingerprint density at radius 1 is 1.14 bits per heavy atom. The van der Waals surface area contributed by atoms with Gasteiger partial charge in [0.15, 0.2) is 0 Å². The van der Waals surface area contributed by atoms with Crippen LogP contribution in [0.5, 0.6) is 0 Å². The van der Waals surface area contributed by atoms with E-state index in [4.69, 9.17) is 5.73 Å². The van der Waals surface area contributed by atoms with Crippen LogP contribution in [0.1, 0.15) is 39.5 Å². The number of hydrogen-bond acceptors (Lipinski definition) is 3. The van der Waals surface area contributed by atoms with Gasteiger partial charge in [0.05, 0.1) is 0 Å². The lowest BCUT2D eigenvalue weighted by molar-refractivity contribution is 0.254. The molecule has 1 aromatic carbocycles. The number of nitrogens with one attached hydrogen (secondary N) is 1. The molecular weight excluding hydrogens is 258 g/mol. The second-order valence-corrected chi connectivity index (χ2v) is 6.57. The van der Waals surface area contributed by atoms with Gasteiger partial charge in [-0.15, -0.1) is 0 Å². The van der Waals surface area contributed by atoms with Gasteiger partial charge in [0.1, 0.15) is 0 Å². The third-order valence-electron chi connectivity index (χ3n) is 4.87. The summed E-state index contributed by atoms with van der Waals surface area (Å²) >= 11 is 0. The maximum atomic E-state index is 6.07. The number of hydrogen-bond donors (Lipinski definition) is 2. The zero-order chi connectivity index (χ0) is 14.8. The van der Waals surface area contributed by atoms with Crippen molar-refractivity contribution in [2.75, 3.05) is 11.1 Å². The first-order chi connectivity index (χ1) is 10.2. The van der Waals surface area contributed by atoms with Crippen molar-refractivity contribution >= 4 is 22.1 Å². The van der Waals surface area contributed by atoms with E-state index >= 15 is 0 Å². The van der Waals surface area contributed by atoms with Crippen LogP contribution < -0.4 is 11.1 Å². The van der Waals surface area contributed by atoms with Gasteiger partial charge in [-0.2, -0.15) is 0 Å². The highest BCUT2D eigenvalue weighted by Gasteiger charge is 2.27. The van der Waals surface area contributed by atoms with Gasteiger partial charge in [-0.3, -0.25) is 4.98 Å². The number of anilines is 2. The van der Waals surface area contributed by atoms with Crippen LogP contribution in [0.2, 0.25) is 0 Å². The van der Waals surface area contributed by atoms with Crippen LogP contribution >= 0.6 is 0 Å². The average Bonchev–Trinajstić information content (AvgIpc) is 2.51. The summed E-state index contributed by atoms with van der Waals surface area (Å²) < 4.78 is 0. The summed E-state index contributed by atoms with van der Waals surface area (Å²) in [5.74, 6) is 1.48. The van der Waals surface area contributed by atoms with E-state index < -0.39 is 0 Å². The second kappa shape index (κ2) is 5.92. The highest BCUT2D eigenvalue weighted by atomic mass is 14.9. The Kier molecular flexibility index (Phi) is 4.00. The van der Waals surface area contributed by atoms with E-state index in [1.54, 1.807) is 0 Å². The van der Waals surface area contributed by atoms with E-state index in [1.807, 2.05) is 18.5 Å². The zero-order valence-electron chi connectivity index (χ0n) is 13.0. The van der Waals surface area contributed by atoms with E-state index in [2.05, 4.69) is 36.3 Å². The molecule has 1 aliphatic rings. The maximum Gasteiger partial charge on any atom is 0.0424 e. The van der Waals surface area contributed by atoms with Gasteiger partial charge >= 0.3 is 0 Å². The SMILES string of the molecule is CC(C)C1CCCCC1Nc1ccc(N)c2cnccc12. The van der Waals surface area contributed by atoms with E-state index in [-0.39, 0.29) is 0 Å². The van der Waals surface area contributed by atoms with E-state index in [1.165, 1.54) is 36.8 Å². The Hall–Kier alpha value is -1.77. The molecule has 1 fully saturated rings. The molecule has 0 radical (unpaired) electrons. The molecule has 1 heterocycles. The standard InChI is InChI=1S/C18H25N3/c1-12(2)13-5-3-4-6-17(13)21-18-8-7-16(19)15-11-20-10-9-14(15)18/h7-13,17,21H,3-6,19H2,1-2H3. The van der Waals surface area contributed by atoms with Gasteiger partial charge < -0.3 is 11.1 Å². The molecule has 2 unspecified atom stereocenters. The summed E-state index contributed by atoms with van der Waals surface area (Å²) in [6.45, 7) is 4.69. The number of rotatable bonds is 3. The monoisotopic (exact) mass is 283 g/mol. The minimum Gasteiger partial charge on any atom is -0.398 e. The number of fused-ring (bicyclic) bond motifs is 1. The minimum atomic E-state index is 0.568. The molecule has 2 atom stereocenters. The van der Waals surface area contributed by atoms with Gasteiger partial charge in [-0.25, -0.2) is 0 Å². The van der Waals surface area contributed by atoms with Crippen molar-refractivity contribution in [3.63, 3.8) is 0 Å². The van der Waals surface area contributed by atoms with E-state index in [0.29, 0.717) is 6.04 Å². The van der Waals surface area contributed by atoms with Crippen LogP contribution in [0.15, 0.2) is 30.6 Å². The van der Waals surface area contributed by atoms with Gasteiger partial charge in [0, 0.05) is 40.6 Å². The van der Waals surface area contributed by atoms with Crippen LogP contribution in [-0.2, 0) is 0 Å². The molecule has 21 heavy (non-hydrogen) atoms. The van der Waals surface area contributed by atoms with Crippen LogP contribution in [0.3, 0.4) is 0 Å². The summed E-state index contributed by atoms with van der Waals surface area (Å²) in [7, 11) is 0. The van der Waals surface area contributed by atoms with Crippen molar-refractivity contribution in [3.05, 3.63) is 30.6 Å². The van der Waals surface area contributed by atoms with Gasteiger partial charge in [0.2, 0.25) is 0 Å². The summed E-state index contributed by atoms with van der Waals surface area (Å²) in [4.78, 5) is 4.20. The number of nitrogens with two attached hydrogens (primary N) is 1. The molecule has 0 aliphatic heterocycles. The Bertz CT molecular complexity index is 621. The van der Waals surface area contributed by atoms with Crippen molar-refractivity contribution in [2.24, 2.45) is 11.8 Å². The first-order valence-corrected chi connectivity index (χ1v) is 8.05. The van der Waals surface area contributed by atoms with E-state index in [0.717, 1.165) is 22.9 Å². The molecule has 0 spiro atoms. The third-order valence-corrected chi connectivity index (χ3v) is 4.87. The number of aromatic nitrogens is 1. The fourth-order valence-corrected chi connectivity index (χ4v) is 3.67. The first kappa shape index (κ1) is 14.2. The number of nitrogen functional groups attached to an aromatic ring is 1. The molecule has 3 nitrogen and oxygen atoms in total. The lowest BCUT2D eigenvalue weighted by atomic mass is 9.77.